The Balaban J connectivity index is 1.96. The van der Waals surface area contributed by atoms with Gasteiger partial charge < -0.3 is 5.32 Å². The predicted octanol–water partition coefficient (Wildman–Crippen LogP) is 5.30. The number of nitrogens with one attached hydrogen (secondary N) is 1. The van der Waals surface area contributed by atoms with E-state index in [1.54, 1.807) is 6.20 Å². The summed E-state index contributed by atoms with van der Waals surface area (Å²) in [7, 11) is 0. The summed E-state index contributed by atoms with van der Waals surface area (Å²) in [6.45, 7) is 3.89. The van der Waals surface area contributed by atoms with E-state index < -0.39 is 0 Å². The largest absolute Gasteiger partial charge is 0.309 e. The van der Waals surface area contributed by atoms with E-state index in [1.165, 1.54) is 0 Å². The number of hydrogen-bond acceptors (Lipinski definition) is 3. The maximum atomic E-state index is 12.3. The molecule has 3 aromatic rings. The number of rotatable bonds is 6. The maximum Gasteiger partial charge on any atom is 0.228 e. The Kier molecular flexibility index (Phi) is 6.10. The van der Waals surface area contributed by atoms with Crippen molar-refractivity contribution in [2.24, 2.45) is 5.92 Å². The Bertz CT molecular complexity index is 921. The van der Waals surface area contributed by atoms with Crippen molar-refractivity contribution in [1.82, 2.24) is 9.97 Å². The van der Waals surface area contributed by atoms with Gasteiger partial charge in [0.05, 0.1) is 11.9 Å². The van der Waals surface area contributed by atoms with Crippen LogP contribution in [0.15, 0.2) is 66.9 Å². The highest BCUT2D eigenvalue weighted by Gasteiger charge is 2.14. The lowest BCUT2D eigenvalue weighted by atomic mass is 10.1. The Hall–Kier alpha value is -3.27. The molecule has 1 unspecified atom stereocenters. The molecule has 0 aliphatic rings. The number of nitrogens with zero attached hydrogens (tertiary/aromatic N) is 2. The van der Waals surface area contributed by atoms with Crippen molar-refractivity contribution in [1.29, 1.82) is 0 Å². The number of amides is 1. The number of hydrogen-bond donors (Lipinski definition) is 1. The predicted molar refractivity (Wildman–Crippen MR) is 111 cm³/mol. The van der Waals surface area contributed by atoms with Crippen LogP contribution in [0.25, 0.3) is 23.4 Å². The fourth-order valence-electron chi connectivity index (χ4n) is 2.53. The number of benzene rings is 2. The molecule has 0 fully saturated rings. The first-order chi connectivity index (χ1) is 13.2. The van der Waals surface area contributed by atoms with Crippen LogP contribution in [0.3, 0.4) is 0 Å². The van der Waals surface area contributed by atoms with Crippen LogP contribution in [0.4, 0.5) is 5.82 Å². The van der Waals surface area contributed by atoms with E-state index >= 15 is 0 Å². The second-order valence-corrected chi connectivity index (χ2v) is 6.40. The fraction of sp³-hybridized carbons (Fsp3) is 0.174. The van der Waals surface area contributed by atoms with Crippen molar-refractivity contribution in [3.8, 4) is 11.3 Å². The van der Waals surface area contributed by atoms with E-state index in [-0.39, 0.29) is 11.8 Å². The molecule has 136 valence electrons. The molecule has 0 aliphatic carbocycles. The zero-order valence-electron chi connectivity index (χ0n) is 15.6. The van der Waals surface area contributed by atoms with Gasteiger partial charge in [0, 0.05) is 11.5 Å². The monoisotopic (exact) mass is 357 g/mol. The quantitative estimate of drug-likeness (QED) is 0.651. The summed E-state index contributed by atoms with van der Waals surface area (Å²) < 4.78 is 0. The Labute approximate surface area is 160 Å². The van der Waals surface area contributed by atoms with Gasteiger partial charge in [0.2, 0.25) is 5.91 Å². The van der Waals surface area contributed by atoms with Gasteiger partial charge in [0.15, 0.2) is 5.82 Å². The van der Waals surface area contributed by atoms with Crippen LogP contribution in [0, 0.1) is 5.92 Å². The van der Waals surface area contributed by atoms with Crippen LogP contribution < -0.4 is 5.32 Å². The summed E-state index contributed by atoms with van der Waals surface area (Å²) in [6.07, 6.45) is 6.33. The molecule has 1 atom stereocenters. The highest BCUT2D eigenvalue weighted by atomic mass is 16.1. The lowest BCUT2D eigenvalue weighted by Crippen LogP contribution is -2.21. The number of aromatic nitrogens is 2. The van der Waals surface area contributed by atoms with E-state index in [4.69, 9.17) is 4.98 Å². The van der Waals surface area contributed by atoms with Gasteiger partial charge in [-0.1, -0.05) is 80.6 Å². The third kappa shape index (κ3) is 4.88. The van der Waals surface area contributed by atoms with Crippen molar-refractivity contribution in [3.05, 3.63) is 78.1 Å². The Morgan fingerprint density at radius 3 is 2.37 bits per heavy atom. The fourth-order valence-corrected chi connectivity index (χ4v) is 2.53. The van der Waals surface area contributed by atoms with Gasteiger partial charge in [-0.25, -0.2) is 9.97 Å². The van der Waals surface area contributed by atoms with Gasteiger partial charge in [-0.15, -0.1) is 0 Å². The molecule has 0 radical (unpaired) electrons. The second kappa shape index (κ2) is 8.90. The van der Waals surface area contributed by atoms with Gasteiger partial charge in [0.1, 0.15) is 5.69 Å². The van der Waals surface area contributed by atoms with Crippen LogP contribution >= 0.6 is 0 Å². The minimum Gasteiger partial charge on any atom is -0.309 e. The molecule has 27 heavy (non-hydrogen) atoms. The van der Waals surface area contributed by atoms with E-state index in [0.717, 1.165) is 23.2 Å². The van der Waals surface area contributed by atoms with E-state index in [9.17, 15) is 4.79 Å². The minimum atomic E-state index is -0.0773. The molecule has 1 amide bonds. The normalized spacial score (nSPS) is 12.1. The minimum absolute atomic E-state index is 0.0476. The van der Waals surface area contributed by atoms with E-state index in [2.05, 4.69) is 10.3 Å². The summed E-state index contributed by atoms with van der Waals surface area (Å²) in [5.41, 5.74) is 3.45. The summed E-state index contributed by atoms with van der Waals surface area (Å²) in [6, 6.07) is 19.9. The molecule has 0 spiro atoms. The van der Waals surface area contributed by atoms with Gasteiger partial charge in [-0.2, -0.15) is 0 Å². The summed E-state index contributed by atoms with van der Waals surface area (Å²) in [5.74, 6) is 0.354. The molecule has 1 N–H and O–H groups in total. The van der Waals surface area contributed by atoms with Gasteiger partial charge in [-0.05, 0) is 18.1 Å². The Morgan fingerprint density at radius 2 is 1.70 bits per heavy atom. The smallest absolute Gasteiger partial charge is 0.228 e. The third-order valence-electron chi connectivity index (χ3n) is 4.40. The van der Waals surface area contributed by atoms with Crippen LogP contribution in [-0.4, -0.2) is 15.9 Å². The number of anilines is 1. The zero-order chi connectivity index (χ0) is 19.1. The van der Waals surface area contributed by atoms with Crippen LogP contribution in [0.1, 0.15) is 31.5 Å². The topological polar surface area (TPSA) is 54.9 Å². The molecule has 0 saturated heterocycles. The average molecular weight is 357 g/mol. The molecular weight excluding hydrogens is 334 g/mol. The summed E-state index contributed by atoms with van der Waals surface area (Å²) in [5, 5.41) is 2.91. The van der Waals surface area contributed by atoms with Crippen molar-refractivity contribution in [2.45, 2.75) is 20.3 Å². The molecule has 1 heterocycles. The molecule has 0 aliphatic heterocycles. The molecule has 4 nitrogen and oxygen atoms in total. The lowest BCUT2D eigenvalue weighted by molar-refractivity contribution is -0.119. The van der Waals surface area contributed by atoms with Crippen LogP contribution in [0.5, 0.6) is 0 Å². The van der Waals surface area contributed by atoms with Gasteiger partial charge in [-0.3, -0.25) is 4.79 Å². The molecule has 4 heteroatoms. The van der Waals surface area contributed by atoms with Crippen molar-refractivity contribution in [3.63, 3.8) is 0 Å². The molecule has 0 saturated carbocycles. The molecule has 0 bridgehead atoms. The first kappa shape index (κ1) is 18.5. The third-order valence-corrected chi connectivity index (χ3v) is 4.40. The number of carbonyl (C=O) groups is 1. The zero-order valence-corrected chi connectivity index (χ0v) is 15.6. The second-order valence-electron chi connectivity index (χ2n) is 6.40. The molecule has 3 rings (SSSR count). The first-order valence-corrected chi connectivity index (χ1v) is 9.14. The van der Waals surface area contributed by atoms with Crippen LogP contribution in [-0.2, 0) is 4.79 Å². The van der Waals surface area contributed by atoms with Crippen molar-refractivity contribution >= 4 is 23.9 Å². The van der Waals surface area contributed by atoms with Crippen LogP contribution in [0.2, 0.25) is 0 Å². The standard InChI is InChI=1S/C23H23N3O/c1-3-17(2)23(27)26-22-20(15-14-18-10-6-4-7-11-18)25-21(16-24-22)19-12-8-5-9-13-19/h4-17H,3H2,1-2H3,(H,24,26,27). The lowest BCUT2D eigenvalue weighted by Gasteiger charge is -2.12. The van der Waals surface area contributed by atoms with Gasteiger partial charge >= 0.3 is 0 Å². The first-order valence-electron chi connectivity index (χ1n) is 9.14. The average Bonchev–Trinajstić information content (AvgIpc) is 2.73. The summed E-state index contributed by atoms with van der Waals surface area (Å²) in [4.78, 5) is 21.5. The molecule has 1 aromatic heterocycles. The van der Waals surface area contributed by atoms with Crippen molar-refractivity contribution in [2.75, 3.05) is 5.32 Å². The number of carbonyl (C=O) groups excluding carboxylic acids is 1. The Morgan fingerprint density at radius 1 is 1.04 bits per heavy atom. The van der Waals surface area contributed by atoms with E-state index in [1.807, 2.05) is 86.7 Å². The maximum absolute atomic E-state index is 12.3. The molecular formula is C23H23N3O. The highest BCUT2D eigenvalue weighted by molar-refractivity contribution is 5.93. The van der Waals surface area contributed by atoms with Crippen molar-refractivity contribution < 1.29 is 4.79 Å². The highest BCUT2D eigenvalue weighted by Crippen LogP contribution is 2.21. The SMILES string of the molecule is CCC(C)C(=O)Nc1ncc(-c2ccccc2)nc1C=Cc1ccccc1. The summed E-state index contributed by atoms with van der Waals surface area (Å²) >= 11 is 0. The van der Waals surface area contributed by atoms with E-state index in [0.29, 0.717) is 11.5 Å². The molecule has 2 aromatic carbocycles. The van der Waals surface area contributed by atoms with Gasteiger partial charge in [0.25, 0.3) is 0 Å².